The molecule has 8 heteroatoms. The van der Waals surface area contributed by atoms with E-state index < -0.39 is 0 Å². The van der Waals surface area contributed by atoms with Gasteiger partial charge in [0, 0.05) is 45.8 Å². The van der Waals surface area contributed by atoms with Crippen LogP contribution in [0.5, 0.6) is 0 Å². The van der Waals surface area contributed by atoms with Crippen molar-refractivity contribution in [3.8, 4) is 6.07 Å². The van der Waals surface area contributed by atoms with Crippen LogP contribution in [0.2, 0.25) is 0 Å². The largest absolute Gasteiger partial charge is 0.379 e. The molecule has 2 fully saturated rings. The maximum Gasteiger partial charge on any atom is 0.278 e. The maximum atomic E-state index is 13.7. The third-order valence-electron chi connectivity index (χ3n) is 6.71. The normalized spacial score (nSPS) is 17.4. The van der Waals surface area contributed by atoms with Gasteiger partial charge in [-0.1, -0.05) is 30.3 Å². The second-order valence-electron chi connectivity index (χ2n) is 8.82. The lowest BCUT2D eigenvalue weighted by Gasteiger charge is -2.30. The summed E-state index contributed by atoms with van der Waals surface area (Å²) in [7, 11) is 0. The fourth-order valence-electron chi connectivity index (χ4n) is 4.94. The lowest BCUT2D eigenvalue weighted by molar-refractivity contribution is 0.0362. The fraction of sp³-hybridized carbons (Fsp3) is 0.480. The van der Waals surface area contributed by atoms with Crippen LogP contribution in [-0.4, -0.2) is 65.0 Å². The van der Waals surface area contributed by atoms with Crippen molar-refractivity contribution < 1.29 is 4.74 Å². The Morgan fingerprint density at radius 2 is 1.76 bits per heavy atom. The van der Waals surface area contributed by atoms with Crippen LogP contribution in [0.15, 0.2) is 41.5 Å². The van der Waals surface area contributed by atoms with E-state index in [1.54, 1.807) is 10.9 Å². The minimum atomic E-state index is -0.0797. The summed E-state index contributed by atoms with van der Waals surface area (Å²) < 4.78 is 9.16. The van der Waals surface area contributed by atoms with Gasteiger partial charge in [0.1, 0.15) is 28.5 Å². The Bertz CT molecular complexity index is 1200. The molecule has 3 aromatic rings. The highest BCUT2D eigenvalue weighted by molar-refractivity contribution is 5.89. The molecular weight excluding hydrogens is 416 g/mol. The van der Waals surface area contributed by atoms with Gasteiger partial charge in [-0.25, -0.2) is 4.98 Å². The van der Waals surface area contributed by atoms with Crippen molar-refractivity contribution >= 4 is 16.9 Å². The smallest absolute Gasteiger partial charge is 0.278 e. The standard InChI is InChI=1S/C25H30N6O2/c26-17-21-22-23(25(32)30(19-27-22)12-11-28-13-15-33-16-14-28)31(18-20-7-3-1-4-8-20)24(21)29-9-5-2-6-10-29/h1,3-4,7-8,19H,2,5-6,9-16,18H2. The molecule has 0 N–H and O–H groups in total. The van der Waals surface area contributed by atoms with Crippen LogP contribution >= 0.6 is 0 Å². The summed E-state index contributed by atoms with van der Waals surface area (Å²) in [5.41, 5.74) is 2.58. The first kappa shape index (κ1) is 21.7. The number of fused-ring (bicyclic) bond motifs is 1. The van der Waals surface area contributed by atoms with Gasteiger partial charge in [0.2, 0.25) is 0 Å². The molecule has 2 saturated heterocycles. The number of anilines is 1. The van der Waals surface area contributed by atoms with E-state index in [-0.39, 0.29) is 5.56 Å². The Morgan fingerprint density at radius 1 is 1.00 bits per heavy atom. The highest BCUT2D eigenvalue weighted by Crippen LogP contribution is 2.32. The molecule has 2 aromatic heterocycles. The first-order chi connectivity index (χ1) is 16.3. The molecule has 0 saturated carbocycles. The van der Waals surface area contributed by atoms with Gasteiger partial charge >= 0.3 is 0 Å². The van der Waals surface area contributed by atoms with Crippen LogP contribution in [0.1, 0.15) is 30.4 Å². The number of hydrogen-bond acceptors (Lipinski definition) is 6. The molecule has 0 spiro atoms. The van der Waals surface area contributed by atoms with E-state index in [0.29, 0.717) is 29.7 Å². The van der Waals surface area contributed by atoms with Crippen LogP contribution in [0.4, 0.5) is 5.82 Å². The SMILES string of the molecule is N#Cc1c(N2CCCCC2)n(Cc2ccccc2)c2c(=O)n(CCN3CCOCC3)cnc12. The number of rotatable bonds is 6. The highest BCUT2D eigenvalue weighted by Gasteiger charge is 2.27. The van der Waals surface area contributed by atoms with Crippen LogP contribution in [0.25, 0.3) is 11.0 Å². The summed E-state index contributed by atoms with van der Waals surface area (Å²) in [6.07, 6.45) is 4.99. The second-order valence-corrected chi connectivity index (χ2v) is 8.82. The van der Waals surface area contributed by atoms with Crippen LogP contribution in [-0.2, 0) is 17.8 Å². The molecule has 0 radical (unpaired) electrons. The molecule has 0 atom stereocenters. The lowest BCUT2D eigenvalue weighted by atomic mass is 10.1. The van der Waals surface area contributed by atoms with Crippen molar-refractivity contribution in [3.05, 3.63) is 58.1 Å². The van der Waals surface area contributed by atoms with Gasteiger partial charge in [-0.05, 0) is 24.8 Å². The Morgan fingerprint density at radius 3 is 2.48 bits per heavy atom. The maximum absolute atomic E-state index is 13.7. The zero-order valence-corrected chi connectivity index (χ0v) is 18.9. The first-order valence-electron chi connectivity index (χ1n) is 11.9. The number of hydrogen-bond donors (Lipinski definition) is 0. The van der Waals surface area contributed by atoms with Crippen LogP contribution in [0.3, 0.4) is 0 Å². The molecule has 0 amide bonds. The molecule has 2 aliphatic rings. The van der Waals surface area contributed by atoms with Crippen molar-refractivity contribution in [2.45, 2.75) is 32.4 Å². The second kappa shape index (κ2) is 9.77. The van der Waals surface area contributed by atoms with Crippen LogP contribution < -0.4 is 10.5 Å². The molecule has 0 bridgehead atoms. The van der Waals surface area contributed by atoms with Crippen molar-refractivity contribution in [3.63, 3.8) is 0 Å². The van der Waals surface area contributed by atoms with E-state index in [9.17, 15) is 10.1 Å². The number of ether oxygens (including phenoxy) is 1. The summed E-state index contributed by atoms with van der Waals surface area (Å²) in [5, 5.41) is 10.1. The van der Waals surface area contributed by atoms with Crippen LogP contribution in [0, 0.1) is 11.3 Å². The van der Waals surface area contributed by atoms with Crippen molar-refractivity contribution in [2.24, 2.45) is 0 Å². The summed E-state index contributed by atoms with van der Waals surface area (Å²) >= 11 is 0. The molecule has 1 aromatic carbocycles. The molecule has 8 nitrogen and oxygen atoms in total. The Kier molecular flexibility index (Phi) is 6.42. The van der Waals surface area contributed by atoms with Gasteiger partial charge in [0.25, 0.3) is 5.56 Å². The molecule has 4 heterocycles. The molecule has 5 rings (SSSR count). The third-order valence-corrected chi connectivity index (χ3v) is 6.71. The topological polar surface area (TPSA) is 79.3 Å². The van der Waals surface area contributed by atoms with Crippen molar-refractivity contribution in [2.75, 3.05) is 50.8 Å². The van der Waals surface area contributed by atoms with Gasteiger partial charge in [-0.15, -0.1) is 0 Å². The zero-order chi connectivity index (χ0) is 22.6. The van der Waals surface area contributed by atoms with Gasteiger partial charge in [0.15, 0.2) is 0 Å². The summed E-state index contributed by atoms with van der Waals surface area (Å²) in [6, 6.07) is 12.5. The number of benzene rings is 1. The van der Waals surface area contributed by atoms with Crippen molar-refractivity contribution in [1.82, 2.24) is 19.0 Å². The molecule has 0 aliphatic carbocycles. The minimum Gasteiger partial charge on any atom is -0.379 e. The van der Waals surface area contributed by atoms with Gasteiger partial charge in [-0.3, -0.25) is 14.3 Å². The predicted octanol–water partition coefficient (Wildman–Crippen LogP) is 2.44. The summed E-state index contributed by atoms with van der Waals surface area (Å²) in [4.78, 5) is 22.9. The third kappa shape index (κ3) is 4.39. The Balaban J connectivity index is 1.59. The molecule has 33 heavy (non-hydrogen) atoms. The van der Waals surface area contributed by atoms with E-state index in [1.807, 2.05) is 22.8 Å². The minimum absolute atomic E-state index is 0.0797. The van der Waals surface area contributed by atoms with Gasteiger partial charge < -0.3 is 14.2 Å². The number of aromatic nitrogens is 3. The van der Waals surface area contributed by atoms with Crippen molar-refractivity contribution in [1.29, 1.82) is 5.26 Å². The molecular formula is C25H30N6O2. The lowest BCUT2D eigenvalue weighted by Crippen LogP contribution is -2.39. The van der Waals surface area contributed by atoms with E-state index in [2.05, 4.69) is 33.0 Å². The Hall–Kier alpha value is -3.15. The average molecular weight is 447 g/mol. The first-order valence-corrected chi connectivity index (χ1v) is 11.9. The van der Waals surface area contributed by atoms with E-state index in [0.717, 1.165) is 70.2 Å². The molecule has 2 aliphatic heterocycles. The summed E-state index contributed by atoms with van der Waals surface area (Å²) in [5.74, 6) is 0.839. The molecule has 172 valence electrons. The molecule has 0 unspecified atom stereocenters. The fourth-order valence-corrected chi connectivity index (χ4v) is 4.94. The van der Waals surface area contributed by atoms with E-state index >= 15 is 0 Å². The number of piperidine rings is 1. The highest BCUT2D eigenvalue weighted by atomic mass is 16.5. The number of morpholine rings is 1. The summed E-state index contributed by atoms with van der Waals surface area (Å²) in [6.45, 7) is 6.90. The monoisotopic (exact) mass is 446 g/mol. The number of nitriles is 1. The predicted molar refractivity (Wildman–Crippen MR) is 128 cm³/mol. The zero-order valence-electron chi connectivity index (χ0n) is 18.9. The van der Waals surface area contributed by atoms with Gasteiger partial charge in [0.05, 0.1) is 19.5 Å². The average Bonchev–Trinajstić information content (AvgIpc) is 3.19. The Labute approximate surface area is 193 Å². The van der Waals surface area contributed by atoms with E-state index in [1.165, 1.54) is 6.42 Å². The quantitative estimate of drug-likeness (QED) is 0.579. The number of nitrogens with zero attached hydrogens (tertiary/aromatic N) is 6. The van der Waals surface area contributed by atoms with Gasteiger partial charge in [-0.2, -0.15) is 5.26 Å². The van der Waals surface area contributed by atoms with E-state index in [4.69, 9.17) is 4.74 Å².